The molecule has 0 amide bonds. The first kappa shape index (κ1) is 13.7. The summed E-state index contributed by atoms with van der Waals surface area (Å²) in [6.07, 6.45) is 0. The summed E-state index contributed by atoms with van der Waals surface area (Å²) >= 11 is 1.70. The Hall–Kier alpha value is -2.26. The summed E-state index contributed by atoms with van der Waals surface area (Å²) in [5, 5.41) is 4.34. The molecule has 0 saturated heterocycles. The van der Waals surface area contributed by atoms with Crippen LogP contribution in [-0.2, 0) is 0 Å². The second-order valence-corrected chi connectivity index (χ2v) is 5.41. The molecule has 0 saturated carbocycles. The number of ether oxygens (including phenoxy) is 2. The second kappa shape index (κ2) is 6.02. The van der Waals surface area contributed by atoms with Crippen LogP contribution in [0.4, 0.5) is 0 Å². The molecule has 0 bridgehead atoms. The minimum Gasteiger partial charge on any atom is -0.497 e. The van der Waals surface area contributed by atoms with Gasteiger partial charge in [-0.25, -0.2) is 0 Å². The molecule has 3 heteroatoms. The van der Waals surface area contributed by atoms with Crippen molar-refractivity contribution in [2.24, 2.45) is 0 Å². The molecule has 3 aromatic rings. The molecule has 0 spiro atoms. The highest BCUT2D eigenvalue weighted by Crippen LogP contribution is 2.37. The third-order valence-electron chi connectivity index (χ3n) is 3.42. The van der Waals surface area contributed by atoms with Gasteiger partial charge in [0, 0.05) is 11.1 Å². The van der Waals surface area contributed by atoms with E-state index >= 15 is 0 Å². The van der Waals surface area contributed by atoms with Crippen LogP contribution in [0.3, 0.4) is 0 Å². The molecule has 1 aromatic heterocycles. The molecule has 0 unspecified atom stereocenters. The van der Waals surface area contributed by atoms with Crippen LogP contribution in [0.25, 0.3) is 22.3 Å². The lowest BCUT2D eigenvalue weighted by atomic mass is 9.99. The molecule has 0 aliphatic heterocycles. The maximum Gasteiger partial charge on any atom is 0.119 e. The van der Waals surface area contributed by atoms with Crippen LogP contribution in [0.5, 0.6) is 11.5 Å². The Labute approximate surface area is 128 Å². The molecule has 1 heterocycles. The van der Waals surface area contributed by atoms with Gasteiger partial charge in [-0.1, -0.05) is 24.3 Å². The van der Waals surface area contributed by atoms with Gasteiger partial charge in [0.15, 0.2) is 0 Å². The smallest absolute Gasteiger partial charge is 0.119 e. The standard InChI is InChI=1S/C18H16O2S/c1-19-15-7-3-5-13(9-15)17-11-21-12-18(17)14-6-4-8-16(10-14)20-2/h3-12H,1-2H3. The van der Waals surface area contributed by atoms with E-state index in [9.17, 15) is 0 Å². The molecular weight excluding hydrogens is 280 g/mol. The summed E-state index contributed by atoms with van der Waals surface area (Å²) in [5.74, 6) is 1.74. The lowest BCUT2D eigenvalue weighted by molar-refractivity contribution is 0.415. The summed E-state index contributed by atoms with van der Waals surface area (Å²) in [6, 6.07) is 16.3. The van der Waals surface area contributed by atoms with E-state index < -0.39 is 0 Å². The third kappa shape index (κ3) is 2.78. The molecule has 3 rings (SSSR count). The third-order valence-corrected chi connectivity index (χ3v) is 4.17. The van der Waals surface area contributed by atoms with Crippen molar-refractivity contribution < 1.29 is 9.47 Å². The van der Waals surface area contributed by atoms with Gasteiger partial charge in [-0.15, -0.1) is 0 Å². The summed E-state index contributed by atoms with van der Waals surface area (Å²) in [6.45, 7) is 0. The van der Waals surface area contributed by atoms with Crippen LogP contribution in [-0.4, -0.2) is 14.2 Å². The van der Waals surface area contributed by atoms with Gasteiger partial charge in [-0.2, -0.15) is 11.3 Å². The highest BCUT2D eigenvalue weighted by atomic mass is 32.1. The van der Waals surface area contributed by atoms with Gasteiger partial charge in [0.1, 0.15) is 11.5 Å². The molecule has 0 atom stereocenters. The van der Waals surface area contributed by atoms with E-state index in [-0.39, 0.29) is 0 Å². The van der Waals surface area contributed by atoms with E-state index in [1.807, 2.05) is 24.3 Å². The van der Waals surface area contributed by atoms with E-state index in [1.165, 1.54) is 11.1 Å². The number of rotatable bonds is 4. The predicted octanol–water partition coefficient (Wildman–Crippen LogP) is 5.10. The highest BCUT2D eigenvalue weighted by Gasteiger charge is 2.10. The monoisotopic (exact) mass is 296 g/mol. The van der Waals surface area contributed by atoms with Crippen LogP contribution in [0.2, 0.25) is 0 Å². The van der Waals surface area contributed by atoms with Crippen molar-refractivity contribution in [3.63, 3.8) is 0 Å². The Balaban J connectivity index is 2.07. The second-order valence-electron chi connectivity index (χ2n) is 4.66. The van der Waals surface area contributed by atoms with Crippen molar-refractivity contribution in [1.82, 2.24) is 0 Å². The van der Waals surface area contributed by atoms with Crippen LogP contribution < -0.4 is 9.47 Å². The van der Waals surface area contributed by atoms with E-state index in [0.717, 1.165) is 22.6 Å². The summed E-state index contributed by atoms with van der Waals surface area (Å²) in [5.41, 5.74) is 4.75. The van der Waals surface area contributed by atoms with Gasteiger partial charge >= 0.3 is 0 Å². The minimum absolute atomic E-state index is 0.871. The topological polar surface area (TPSA) is 18.5 Å². The van der Waals surface area contributed by atoms with Crippen molar-refractivity contribution in [3.05, 3.63) is 59.3 Å². The van der Waals surface area contributed by atoms with Crippen LogP contribution in [0, 0.1) is 0 Å². The van der Waals surface area contributed by atoms with E-state index in [0.29, 0.717) is 0 Å². The Bertz CT molecular complexity index is 684. The maximum absolute atomic E-state index is 5.32. The fourth-order valence-electron chi connectivity index (χ4n) is 2.33. The van der Waals surface area contributed by atoms with E-state index in [2.05, 4.69) is 35.0 Å². The lowest BCUT2D eigenvalue weighted by Gasteiger charge is -2.08. The fourth-order valence-corrected chi connectivity index (χ4v) is 3.19. The Morgan fingerprint density at radius 1 is 0.714 bits per heavy atom. The maximum atomic E-state index is 5.32. The quantitative estimate of drug-likeness (QED) is 0.667. The highest BCUT2D eigenvalue weighted by molar-refractivity contribution is 7.08. The van der Waals surface area contributed by atoms with E-state index in [1.54, 1.807) is 25.6 Å². The molecule has 0 aliphatic rings. The molecule has 2 nitrogen and oxygen atoms in total. The number of methoxy groups -OCH3 is 2. The first-order valence-electron chi connectivity index (χ1n) is 6.67. The zero-order valence-corrected chi connectivity index (χ0v) is 12.8. The van der Waals surface area contributed by atoms with Gasteiger partial charge in [-0.05, 0) is 46.2 Å². The molecule has 0 N–H and O–H groups in total. The van der Waals surface area contributed by atoms with Crippen molar-refractivity contribution >= 4 is 11.3 Å². The first-order valence-corrected chi connectivity index (χ1v) is 7.61. The van der Waals surface area contributed by atoms with Crippen molar-refractivity contribution in [1.29, 1.82) is 0 Å². The molecular formula is C18H16O2S. The van der Waals surface area contributed by atoms with Gasteiger partial charge in [0.05, 0.1) is 14.2 Å². The number of hydrogen-bond donors (Lipinski definition) is 0. The van der Waals surface area contributed by atoms with Crippen LogP contribution in [0.1, 0.15) is 0 Å². The molecule has 106 valence electrons. The number of hydrogen-bond acceptors (Lipinski definition) is 3. The van der Waals surface area contributed by atoms with Gasteiger partial charge in [0.25, 0.3) is 0 Å². The lowest BCUT2D eigenvalue weighted by Crippen LogP contribution is -1.86. The number of thiophene rings is 1. The average molecular weight is 296 g/mol. The Kier molecular flexibility index (Phi) is 3.93. The van der Waals surface area contributed by atoms with Gasteiger partial charge < -0.3 is 9.47 Å². The zero-order valence-electron chi connectivity index (χ0n) is 12.0. The van der Waals surface area contributed by atoms with Crippen LogP contribution in [0.15, 0.2) is 59.3 Å². The fraction of sp³-hybridized carbons (Fsp3) is 0.111. The first-order chi connectivity index (χ1) is 10.3. The van der Waals surface area contributed by atoms with Crippen molar-refractivity contribution in [3.8, 4) is 33.8 Å². The Morgan fingerprint density at radius 2 is 1.19 bits per heavy atom. The summed E-state index contributed by atoms with van der Waals surface area (Å²) < 4.78 is 10.6. The van der Waals surface area contributed by atoms with Crippen molar-refractivity contribution in [2.75, 3.05) is 14.2 Å². The predicted molar refractivity (Wildman–Crippen MR) is 88.3 cm³/mol. The molecule has 0 fully saturated rings. The summed E-state index contributed by atoms with van der Waals surface area (Å²) in [4.78, 5) is 0. The largest absolute Gasteiger partial charge is 0.497 e. The zero-order chi connectivity index (χ0) is 14.7. The minimum atomic E-state index is 0.871. The van der Waals surface area contributed by atoms with Gasteiger partial charge in [0.2, 0.25) is 0 Å². The number of benzene rings is 2. The van der Waals surface area contributed by atoms with Crippen molar-refractivity contribution in [2.45, 2.75) is 0 Å². The van der Waals surface area contributed by atoms with E-state index in [4.69, 9.17) is 9.47 Å². The molecule has 21 heavy (non-hydrogen) atoms. The molecule has 0 radical (unpaired) electrons. The SMILES string of the molecule is COc1cccc(-c2cscc2-c2cccc(OC)c2)c1. The molecule has 2 aromatic carbocycles. The molecule has 0 aliphatic carbocycles. The normalized spacial score (nSPS) is 10.4. The van der Waals surface area contributed by atoms with Crippen LogP contribution >= 0.6 is 11.3 Å². The summed E-state index contributed by atoms with van der Waals surface area (Å²) in [7, 11) is 3.38. The average Bonchev–Trinajstić information content (AvgIpc) is 3.04. The Morgan fingerprint density at radius 3 is 1.62 bits per heavy atom. The van der Waals surface area contributed by atoms with Gasteiger partial charge in [-0.3, -0.25) is 0 Å².